The van der Waals surface area contributed by atoms with Gasteiger partial charge < -0.3 is 18.8 Å². The van der Waals surface area contributed by atoms with Crippen molar-refractivity contribution in [3.05, 3.63) is 499 Å². The minimum absolute atomic E-state index is 0.145. The Hall–Kier alpha value is -18.2. The normalized spacial score (nSPS) is 13.2. The molecular weight excluding hydrogens is 1780 g/mol. The monoisotopic (exact) mass is 1870 g/mol. The van der Waals surface area contributed by atoms with Crippen LogP contribution in [-0.4, -0.2) is 44.0 Å². The Kier molecular flexibility index (Phi) is 20.9. The minimum Gasteiger partial charge on any atom is -0.456 e. The molecule has 7 aromatic heterocycles. The van der Waals surface area contributed by atoms with Crippen LogP contribution in [0.2, 0.25) is 0 Å². The first-order chi connectivity index (χ1) is 70.8. The standard InChI is InChI=1S/C50H32N4.C45H28N4O.C36H31N2OP/c1-2-15-38(16-3-1)53-47-20-10-6-14-35(47)22-25-42-49(53)29-26-41-40-17-7-11-21-48(40)54(50(41)42)39-31-36(45-27-23-33-12-4-8-18-43(33)51-45)30-37(32-39)46-28-24-34-13-5-9-19-44(34)52-46;1-2-13-32(14-3-1)43-46-44(33-23-21-30(22-24-33)35-18-10-15-29-11-4-6-16-34(29)35)48-45(47-43)49-39-19-8-7-17-36(39)37-27-28-41-38(42(37)49)26-25-31-12-5-9-20-40(31)50-41;1-35(2)29-12-6-5-11-24(29)15-17-27-30(35)20-18-26-28-23-25(16-19-31(28)36(3,4)34(26)27)40(39,32-13-7-9-21-37-32)33-14-8-10-22-38-33/h1-32H;1-28H;5-23H,1-4H3. The molecule has 144 heavy (non-hydrogen) atoms. The fraction of sp³-hybridized carbons (Fsp3) is 0.0458. The van der Waals surface area contributed by atoms with Crippen molar-refractivity contribution in [1.82, 2.24) is 44.0 Å². The van der Waals surface area contributed by atoms with Crippen molar-refractivity contribution in [1.29, 1.82) is 0 Å². The van der Waals surface area contributed by atoms with Crippen LogP contribution in [0.15, 0.2) is 443 Å². The van der Waals surface area contributed by atoms with Crippen LogP contribution in [0.4, 0.5) is 17.1 Å². The topological polar surface area (TPSA) is 130 Å². The number of rotatable bonds is 11. The molecule has 0 radical (unpaired) electrons. The second kappa shape index (κ2) is 35.0. The van der Waals surface area contributed by atoms with Gasteiger partial charge in [0.15, 0.2) is 11.6 Å². The summed E-state index contributed by atoms with van der Waals surface area (Å²) in [5, 5.41) is 10.1. The zero-order valence-corrected chi connectivity index (χ0v) is 80.2. The molecule has 2 aliphatic carbocycles. The highest BCUT2D eigenvalue weighted by Crippen LogP contribution is 2.56. The molecule has 12 nitrogen and oxygen atoms in total. The second-order valence-corrected chi connectivity index (χ2v) is 40.8. The van der Waals surface area contributed by atoms with Gasteiger partial charge in [-0.25, -0.2) is 15.0 Å². The Morgan fingerprint density at radius 3 is 1.52 bits per heavy atom. The molecule has 0 spiro atoms. The summed E-state index contributed by atoms with van der Waals surface area (Å²) in [6.45, 7) is 9.28. The van der Waals surface area contributed by atoms with Crippen molar-refractivity contribution in [3.8, 4) is 90.7 Å². The predicted octanol–water partition coefficient (Wildman–Crippen LogP) is 31.8. The molecule has 17 aromatic carbocycles. The van der Waals surface area contributed by atoms with E-state index in [-0.39, 0.29) is 10.8 Å². The third kappa shape index (κ3) is 14.7. The Morgan fingerprint density at radius 1 is 0.292 bits per heavy atom. The molecule has 9 heterocycles. The van der Waals surface area contributed by atoms with E-state index in [2.05, 4.69) is 416 Å². The lowest BCUT2D eigenvalue weighted by molar-refractivity contribution is 0.482. The highest BCUT2D eigenvalue weighted by atomic mass is 31.2. The first-order valence-electron chi connectivity index (χ1n) is 48.8. The SMILES string of the molecule is C1=Cc2c(ccc3c4ccccc4n(-c4cc(-c5ccc6ccccc6n5)cc(-c5ccc6ccccc6n5)c4)c23)N(c2ccccc2)c2ccccc21.C1=Cc2c(ccc3c4ccccc4n(-c4nc(-c5ccccc5)nc(-c5ccc(-c6cccc7ccccc67)cc5)n4)c23)Oc2ccccc21.CC1(C)c2ccccc2C=Cc2c1ccc1c2C(C)(C)c2ccc(P(=O)(c3ccccn3)c3ccccn3)cc2-1. The van der Waals surface area contributed by atoms with E-state index in [0.717, 1.165) is 156 Å². The Morgan fingerprint density at radius 2 is 0.826 bits per heavy atom. The summed E-state index contributed by atoms with van der Waals surface area (Å²) in [5.41, 5.74) is 34.0. The molecule has 0 saturated carbocycles. The van der Waals surface area contributed by atoms with Gasteiger partial charge in [0.25, 0.3) is 0 Å². The lowest BCUT2D eigenvalue weighted by Crippen LogP contribution is -2.29. The van der Waals surface area contributed by atoms with E-state index in [9.17, 15) is 0 Å². The molecule has 0 N–H and O–H groups in total. The first kappa shape index (κ1) is 86.1. The molecule has 0 amide bonds. The number of para-hydroxylation sites is 7. The van der Waals surface area contributed by atoms with E-state index in [4.69, 9.17) is 29.7 Å². The van der Waals surface area contributed by atoms with Crippen molar-refractivity contribution in [2.45, 2.75) is 38.5 Å². The van der Waals surface area contributed by atoms with Gasteiger partial charge in [0.2, 0.25) is 13.1 Å². The maximum atomic E-state index is 15.0. The van der Waals surface area contributed by atoms with Gasteiger partial charge in [-0.15, -0.1) is 0 Å². The van der Waals surface area contributed by atoms with Gasteiger partial charge in [0, 0.05) is 111 Å². The number of anilines is 3. The van der Waals surface area contributed by atoms with E-state index in [1.54, 1.807) is 12.4 Å². The predicted molar refractivity (Wildman–Crippen MR) is 596 cm³/mol. The number of aromatic nitrogens is 9. The van der Waals surface area contributed by atoms with Gasteiger partial charge in [0.05, 0.1) is 55.9 Å². The van der Waals surface area contributed by atoms with Crippen molar-refractivity contribution in [2.75, 3.05) is 4.90 Å². The number of fused-ring (bicyclic) bond motifs is 21. The summed E-state index contributed by atoms with van der Waals surface area (Å²) in [6, 6.07) is 150. The fourth-order valence-corrected chi connectivity index (χ4v) is 24.6. The second-order valence-electron chi connectivity index (χ2n) is 38.1. The molecular formula is C131H91N10O2P. The maximum Gasteiger partial charge on any atom is 0.238 e. The fourth-order valence-electron chi connectivity index (χ4n) is 22.1. The Bertz CT molecular complexity index is 9330. The lowest BCUT2D eigenvalue weighted by atomic mass is 9.72. The summed E-state index contributed by atoms with van der Waals surface area (Å²) < 4.78 is 26.2. The van der Waals surface area contributed by atoms with Crippen molar-refractivity contribution in [3.63, 3.8) is 0 Å². The zero-order chi connectivity index (χ0) is 96.3. The van der Waals surface area contributed by atoms with E-state index in [0.29, 0.717) is 28.5 Å². The smallest absolute Gasteiger partial charge is 0.238 e. The summed E-state index contributed by atoms with van der Waals surface area (Å²) in [6.07, 6.45) is 16.8. The van der Waals surface area contributed by atoms with Crippen LogP contribution in [0.3, 0.4) is 0 Å². The summed E-state index contributed by atoms with van der Waals surface area (Å²) in [5.74, 6) is 3.36. The van der Waals surface area contributed by atoms with Crippen LogP contribution >= 0.6 is 7.14 Å². The van der Waals surface area contributed by atoms with Gasteiger partial charge in [-0.1, -0.05) is 361 Å². The van der Waals surface area contributed by atoms with E-state index in [1.807, 2.05) is 103 Å². The molecule has 13 heteroatoms. The highest BCUT2D eigenvalue weighted by Gasteiger charge is 2.43. The summed E-state index contributed by atoms with van der Waals surface area (Å²) >= 11 is 0. The number of hydrogen-bond acceptors (Lipinski definition) is 10. The van der Waals surface area contributed by atoms with Crippen molar-refractivity contribution < 1.29 is 9.30 Å². The molecule has 0 atom stereocenters. The minimum atomic E-state index is -3.29. The number of ether oxygens (including phenoxy) is 1. The average Bonchev–Trinajstić information content (AvgIpc) is 1.54. The third-order valence-electron chi connectivity index (χ3n) is 29.1. The van der Waals surface area contributed by atoms with Crippen LogP contribution in [0.5, 0.6) is 11.5 Å². The number of pyridine rings is 4. The van der Waals surface area contributed by atoms with E-state index in [1.165, 1.54) is 71.6 Å². The largest absolute Gasteiger partial charge is 0.456 e. The van der Waals surface area contributed by atoms with Gasteiger partial charge in [0.1, 0.15) is 22.4 Å². The van der Waals surface area contributed by atoms with Gasteiger partial charge >= 0.3 is 0 Å². The molecule has 0 saturated heterocycles. The molecule has 28 rings (SSSR count). The number of nitrogens with zero attached hydrogens (tertiary/aromatic N) is 10. The number of hydrogen-bond donors (Lipinski definition) is 0. The molecule has 0 unspecified atom stereocenters. The maximum absolute atomic E-state index is 15.0. The molecule has 0 fully saturated rings. The lowest BCUT2D eigenvalue weighted by Gasteiger charge is -2.31. The Labute approximate surface area is 833 Å². The van der Waals surface area contributed by atoms with E-state index < -0.39 is 7.14 Å². The highest BCUT2D eigenvalue weighted by molar-refractivity contribution is 7.85. The van der Waals surface area contributed by atoms with Crippen molar-refractivity contribution >= 4 is 153 Å². The number of benzene rings is 17. The van der Waals surface area contributed by atoms with Crippen LogP contribution < -0.4 is 25.8 Å². The average molecular weight is 1870 g/mol. The van der Waals surface area contributed by atoms with Gasteiger partial charge in [-0.2, -0.15) is 9.97 Å². The van der Waals surface area contributed by atoms with Crippen molar-refractivity contribution in [2.24, 2.45) is 0 Å². The third-order valence-corrected chi connectivity index (χ3v) is 31.9. The van der Waals surface area contributed by atoms with Gasteiger partial charge in [-0.05, 0) is 205 Å². The molecule has 0 bridgehead atoms. The van der Waals surface area contributed by atoms with Crippen LogP contribution in [0.1, 0.15) is 83.3 Å². The van der Waals surface area contributed by atoms with Crippen LogP contribution in [0, 0.1) is 0 Å². The Balaban J connectivity index is 0.000000111. The zero-order valence-electron chi connectivity index (χ0n) is 79.3. The molecule has 4 aliphatic rings. The molecule has 24 aromatic rings. The van der Waals surface area contributed by atoms with Gasteiger partial charge in [-0.3, -0.25) is 14.5 Å². The summed E-state index contributed by atoms with van der Waals surface area (Å²) in [4.78, 5) is 37.3. The molecule has 2 aliphatic heterocycles. The quantitative estimate of drug-likeness (QED) is 0.115. The van der Waals surface area contributed by atoms with Crippen LogP contribution in [-0.2, 0) is 15.4 Å². The first-order valence-corrected chi connectivity index (χ1v) is 50.5. The molecule has 682 valence electrons. The van der Waals surface area contributed by atoms with Crippen LogP contribution in [0.25, 0.3) is 192 Å². The summed E-state index contributed by atoms with van der Waals surface area (Å²) in [7, 11) is -3.29. The van der Waals surface area contributed by atoms with E-state index >= 15 is 4.57 Å².